The summed E-state index contributed by atoms with van der Waals surface area (Å²) >= 11 is 0. The van der Waals surface area contributed by atoms with E-state index in [0.29, 0.717) is 37.0 Å². The Morgan fingerprint density at radius 3 is 2.83 bits per heavy atom. The van der Waals surface area contributed by atoms with Crippen LogP contribution in [-0.4, -0.2) is 52.5 Å². The minimum absolute atomic E-state index is 0.143. The highest BCUT2D eigenvalue weighted by atomic mass is 19.3. The maximum atomic E-state index is 12.6. The zero-order valence-corrected chi connectivity index (χ0v) is 17.0. The van der Waals surface area contributed by atoms with E-state index in [0.717, 1.165) is 16.6 Å². The number of benzene rings is 1. The molecule has 11 heteroatoms. The van der Waals surface area contributed by atoms with Crippen LogP contribution in [0.4, 0.5) is 14.6 Å². The van der Waals surface area contributed by atoms with Gasteiger partial charge in [-0.15, -0.1) is 0 Å². The predicted molar refractivity (Wildman–Crippen MR) is 111 cm³/mol. The van der Waals surface area contributed by atoms with Crippen molar-refractivity contribution in [2.24, 2.45) is 12.0 Å². The summed E-state index contributed by atoms with van der Waals surface area (Å²) in [6, 6.07) is 5.07. The van der Waals surface area contributed by atoms with Gasteiger partial charge in [-0.05, 0) is 13.0 Å². The number of nitrogens with zero attached hydrogens (tertiary/aromatic N) is 5. The third-order valence-corrected chi connectivity index (χ3v) is 4.34. The summed E-state index contributed by atoms with van der Waals surface area (Å²) in [6.45, 7) is 0.439. The molecule has 2 aromatic heterocycles. The van der Waals surface area contributed by atoms with E-state index in [-0.39, 0.29) is 5.75 Å². The number of rotatable bonds is 8. The molecule has 2 heterocycles. The highest BCUT2D eigenvalue weighted by Gasteiger charge is 2.11. The van der Waals surface area contributed by atoms with Gasteiger partial charge in [-0.25, -0.2) is 9.97 Å². The fraction of sp³-hybridized carbons (Fsp3) is 0.368. The number of ether oxygens (including phenoxy) is 1. The van der Waals surface area contributed by atoms with Gasteiger partial charge in [0, 0.05) is 39.3 Å². The lowest BCUT2D eigenvalue weighted by Gasteiger charge is -2.15. The lowest BCUT2D eigenvalue weighted by molar-refractivity contribution is -0.0504. The zero-order chi connectivity index (χ0) is 21.5. The molecule has 9 nitrogen and oxygen atoms in total. The molecule has 30 heavy (non-hydrogen) atoms. The largest absolute Gasteiger partial charge is 0.434 e. The smallest absolute Gasteiger partial charge is 0.387 e. The first-order valence-electron chi connectivity index (χ1n) is 9.33. The third kappa shape index (κ3) is 5.31. The Bertz CT molecular complexity index is 1020. The highest BCUT2D eigenvalue weighted by Crippen LogP contribution is 2.22. The maximum absolute atomic E-state index is 12.6. The second-order valence-electron chi connectivity index (χ2n) is 6.50. The number of aromatic nitrogens is 4. The molecule has 3 N–H and O–H groups in total. The SMILES string of the molecule is CN=C(NCCNc1ncnc2c1cnn2C)NCc1cc(C)ccc1OC(F)F. The van der Waals surface area contributed by atoms with Gasteiger partial charge in [0.15, 0.2) is 11.6 Å². The summed E-state index contributed by atoms with van der Waals surface area (Å²) in [5, 5.41) is 14.5. The molecule has 0 radical (unpaired) electrons. The highest BCUT2D eigenvalue weighted by molar-refractivity contribution is 5.86. The minimum Gasteiger partial charge on any atom is -0.434 e. The first-order chi connectivity index (χ1) is 14.5. The normalized spacial score (nSPS) is 11.7. The quantitative estimate of drug-likeness (QED) is 0.292. The number of halogens is 2. The van der Waals surface area contributed by atoms with Crippen molar-refractivity contribution >= 4 is 22.8 Å². The molecular weight excluding hydrogens is 394 g/mol. The van der Waals surface area contributed by atoms with Crippen molar-refractivity contribution in [1.82, 2.24) is 30.4 Å². The molecule has 0 fully saturated rings. The van der Waals surface area contributed by atoms with Crippen LogP contribution in [-0.2, 0) is 13.6 Å². The molecule has 0 aliphatic carbocycles. The molecule has 0 atom stereocenters. The zero-order valence-electron chi connectivity index (χ0n) is 17.0. The van der Waals surface area contributed by atoms with E-state index in [1.54, 1.807) is 36.1 Å². The summed E-state index contributed by atoms with van der Waals surface area (Å²) in [7, 11) is 3.46. The molecule has 0 saturated carbocycles. The molecule has 3 aromatic rings. The van der Waals surface area contributed by atoms with Crippen molar-refractivity contribution in [3.8, 4) is 5.75 Å². The number of hydrogen-bond donors (Lipinski definition) is 3. The first kappa shape index (κ1) is 21.2. The lowest BCUT2D eigenvalue weighted by atomic mass is 10.1. The number of fused-ring (bicyclic) bond motifs is 1. The Labute approximate surface area is 172 Å². The number of aliphatic imine (C=N–C) groups is 1. The molecular formula is C19H24F2N8O. The molecule has 0 spiro atoms. The van der Waals surface area contributed by atoms with Crippen molar-refractivity contribution in [3.05, 3.63) is 41.9 Å². The van der Waals surface area contributed by atoms with Crippen LogP contribution in [0.3, 0.4) is 0 Å². The lowest BCUT2D eigenvalue weighted by Crippen LogP contribution is -2.39. The van der Waals surface area contributed by atoms with E-state index in [9.17, 15) is 8.78 Å². The Morgan fingerprint density at radius 1 is 1.23 bits per heavy atom. The van der Waals surface area contributed by atoms with Gasteiger partial charge in [-0.3, -0.25) is 9.67 Å². The van der Waals surface area contributed by atoms with E-state index in [2.05, 4.69) is 40.7 Å². The first-order valence-corrected chi connectivity index (χ1v) is 9.33. The van der Waals surface area contributed by atoms with Crippen LogP contribution in [0.5, 0.6) is 5.75 Å². The molecule has 0 amide bonds. The maximum Gasteiger partial charge on any atom is 0.387 e. The minimum atomic E-state index is -2.87. The number of guanidine groups is 1. The van der Waals surface area contributed by atoms with Gasteiger partial charge in [0.05, 0.1) is 11.6 Å². The van der Waals surface area contributed by atoms with Gasteiger partial charge < -0.3 is 20.7 Å². The third-order valence-electron chi connectivity index (χ3n) is 4.34. The Kier molecular flexibility index (Phi) is 6.94. The second kappa shape index (κ2) is 9.81. The average molecular weight is 418 g/mol. The molecule has 1 aromatic carbocycles. The van der Waals surface area contributed by atoms with E-state index >= 15 is 0 Å². The standard InChI is InChI=1S/C19H24F2N8O/c1-12-4-5-15(30-18(20)21)13(8-12)9-25-19(22-2)24-7-6-23-16-14-10-28-29(3)17(14)27-11-26-16/h4-5,8,10-11,18H,6-7,9H2,1-3H3,(H2,22,24,25)(H,23,26,27). The van der Waals surface area contributed by atoms with E-state index in [4.69, 9.17) is 0 Å². The molecule has 3 rings (SSSR count). The summed E-state index contributed by atoms with van der Waals surface area (Å²) in [4.78, 5) is 12.6. The summed E-state index contributed by atoms with van der Waals surface area (Å²) < 4.78 is 31.5. The van der Waals surface area contributed by atoms with E-state index < -0.39 is 6.61 Å². The van der Waals surface area contributed by atoms with Crippen LogP contribution in [0.25, 0.3) is 11.0 Å². The Balaban J connectivity index is 1.51. The number of aryl methyl sites for hydroxylation is 2. The fourth-order valence-corrected chi connectivity index (χ4v) is 2.92. The monoisotopic (exact) mass is 418 g/mol. The van der Waals surface area contributed by atoms with Crippen molar-refractivity contribution in [1.29, 1.82) is 0 Å². The van der Waals surface area contributed by atoms with Crippen LogP contribution in [0.1, 0.15) is 11.1 Å². The molecule has 0 aliphatic rings. The van der Waals surface area contributed by atoms with Crippen LogP contribution < -0.4 is 20.7 Å². The predicted octanol–water partition coefficient (Wildman–Crippen LogP) is 2.05. The second-order valence-corrected chi connectivity index (χ2v) is 6.50. The number of alkyl halides is 2. The van der Waals surface area contributed by atoms with E-state index in [1.165, 1.54) is 6.33 Å². The Morgan fingerprint density at radius 2 is 2.07 bits per heavy atom. The van der Waals surface area contributed by atoms with Crippen molar-refractivity contribution in [2.45, 2.75) is 20.1 Å². The molecule has 0 unspecified atom stereocenters. The average Bonchev–Trinajstić information content (AvgIpc) is 3.10. The number of hydrogen-bond acceptors (Lipinski definition) is 6. The Hall–Kier alpha value is -3.50. The van der Waals surface area contributed by atoms with Crippen LogP contribution in [0.2, 0.25) is 0 Å². The van der Waals surface area contributed by atoms with Crippen LogP contribution >= 0.6 is 0 Å². The summed E-state index contributed by atoms with van der Waals surface area (Å²) in [5.74, 6) is 1.38. The molecule has 0 bridgehead atoms. The summed E-state index contributed by atoms with van der Waals surface area (Å²) in [6.07, 6.45) is 3.20. The summed E-state index contributed by atoms with van der Waals surface area (Å²) in [5.41, 5.74) is 2.32. The molecule has 0 aliphatic heterocycles. The van der Waals surface area contributed by atoms with Gasteiger partial charge in [-0.1, -0.05) is 17.7 Å². The molecule has 160 valence electrons. The van der Waals surface area contributed by atoms with Crippen molar-refractivity contribution < 1.29 is 13.5 Å². The number of nitrogens with one attached hydrogen (secondary N) is 3. The number of anilines is 1. The van der Waals surface area contributed by atoms with Crippen molar-refractivity contribution in [3.63, 3.8) is 0 Å². The van der Waals surface area contributed by atoms with Gasteiger partial charge in [0.25, 0.3) is 0 Å². The van der Waals surface area contributed by atoms with Gasteiger partial charge in [0.1, 0.15) is 17.9 Å². The topological polar surface area (TPSA) is 101 Å². The van der Waals surface area contributed by atoms with Crippen LogP contribution in [0, 0.1) is 6.92 Å². The van der Waals surface area contributed by atoms with Gasteiger partial charge in [0.2, 0.25) is 0 Å². The van der Waals surface area contributed by atoms with E-state index in [1.807, 2.05) is 14.0 Å². The van der Waals surface area contributed by atoms with Crippen molar-refractivity contribution in [2.75, 3.05) is 25.5 Å². The van der Waals surface area contributed by atoms with Gasteiger partial charge >= 0.3 is 6.61 Å². The van der Waals surface area contributed by atoms with Crippen LogP contribution in [0.15, 0.2) is 35.7 Å². The fourth-order valence-electron chi connectivity index (χ4n) is 2.92. The van der Waals surface area contributed by atoms with Gasteiger partial charge in [-0.2, -0.15) is 13.9 Å². The molecule has 0 saturated heterocycles.